The number of ether oxygens (including phenoxy) is 1. The molecule has 1 atom stereocenters. The van der Waals surface area contributed by atoms with Gasteiger partial charge in [-0.25, -0.2) is 0 Å². The first-order valence-corrected chi connectivity index (χ1v) is 3.96. The number of esters is 1. The highest BCUT2D eigenvalue weighted by atomic mass is 35.5. The maximum Gasteiger partial charge on any atom is 0.322 e. The second-order valence-electron chi connectivity index (χ2n) is 2.70. The molecule has 0 saturated heterocycles. The number of methoxy groups -OCH3 is 1. The molecule has 0 bridgehead atoms. The fraction of sp³-hybridized carbons (Fsp3) is 0.333. The normalized spacial score (nSPS) is 11.3. The lowest BCUT2D eigenvalue weighted by atomic mass is 10.1. The Balaban J connectivity index is 0.00000169. The Hall–Kier alpha value is -1.13. The molecule has 0 aliphatic carbocycles. The van der Waals surface area contributed by atoms with Crippen molar-refractivity contribution in [3.8, 4) is 0 Å². The average molecular weight is 217 g/mol. The van der Waals surface area contributed by atoms with Crippen LogP contribution >= 0.6 is 12.4 Å². The van der Waals surface area contributed by atoms with E-state index >= 15 is 0 Å². The van der Waals surface area contributed by atoms with E-state index in [4.69, 9.17) is 5.73 Å². The van der Waals surface area contributed by atoms with Gasteiger partial charge in [-0.15, -0.1) is 12.4 Å². The fourth-order valence-corrected chi connectivity index (χ4v) is 1.01. The third kappa shape index (κ3) is 3.72. The summed E-state index contributed by atoms with van der Waals surface area (Å²) in [6.45, 7) is 0. The Morgan fingerprint density at radius 1 is 1.71 bits per heavy atom. The summed E-state index contributed by atoms with van der Waals surface area (Å²) in [5.41, 5.74) is 6.49. The van der Waals surface area contributed by atoms with Crippen LogP contribution < -0.4 is 5.73 Å². The lowest BCUT2D eigenvalue weighted by molar-refractivity contribution is -0.142. The van der Waals surface area contributed by atoms with Gasteiger partial charge in [-0.3, -0.25) is 9.78 Å². The number of aromatic nitrogens is 1. The minimum absolute atomic E-state index is 0. The van der Waals surface area contributed by atoms with Crippen LogP contribution in [0.4, 0.5) is 0 Å². The summed E-state index contributed by atoms with van der Waals surface area (Å²) in [6.07, 6.45) is 3.82. The molecule has 5 heteroatoms. The summed E-state index contributed by atoms with van der Waals surface area (Å²) in [5.74, 6) is -0.399. The van der Waals surface area contributed by atoms with Gasteiger partial charge in [0.05, 0.1) is 7.11 Å². The predicted octanol–water partition coefficient (Wildman–Crippen LogP) is 0.546. The molecule has 0 fully saturated rings. The summed E-state index contributed by atoms with van der Waals surface area (Å²) in [5, 5.41) is 0. The summed E-state index contributed by atoms with van der Waals surface area (Å²) in [4.78, 5) is 14.9. The molecule has 0 aliphatic rings. The quantitative estimate of drug-likeness (QED) is 0.750. The van der Waals surface area contributed by atoms with Crippen LogP contribution in [0.5, 0.6) is 0 Å². The van der Waals surface area contributed by atoms with Gasteiger partial charge in [0.2, 0.25) is 0 Å². The molecule has 4 nitrogen and oxygen atoms in total. The molecule has 0 aromatic carbocycles. The van der Waals surface area contributed by atoms with Crippen molar-refractivity contribution in [1.82, 2.24) is 4.98 Å². The first-order chi connectivity index (χ1) is 6.24. The van der Waals surface area contributed by atoms with E-state index in [0.717, 1.165) is 5.56 Å². The molecule has 2 N–H and O–H groups in total. The highest BCUT2D eigenvalue weighted by Crippen LogP contribution is 2.00. The Morgan fingerprint density at radius 2 is 2.43 bits per heavy atom. The average Bonchev–Trinajstić information content (AvgIpc) is 2.18. The first-order valence-electron chi connectivity index (χ1n) is 3.96. The van der Waals surface area contributed by atoms with E-state index in [9.17, 15) is 4.79 Å². The van der Waals surface area contributed by atoms with E-state index < -0.39 is 12.0 Å². The van der Waals surface area contributed by atoms with Crippen molar-refractivity contribution in [2.45, 2.75) is 12.5 Å². The summed E-state index contributed by atoms with van der Waals surface area (Å²) < 4.78 is 4.50. The maximum atomic E-state index is 10.9. The highest BCUT2D eigenvalue weighted by molar-refractivity contribution is 5.85. The number of halogens is 1. The second-order valence-corrected chi connectivity index (χ2v) is 2.70. The summed E-state index contributed by atoms with van der Waals surface area (Å²) in [6, 6.07) is 3.07. The third-order valence-electron chi connectivity index (χ3n) is 1.68. The summed E-state index contributed by atoms with van der Waals surface area (Å²) >= 11 is 0. The van der Waals surface area contributed by atoms with Crippen LogP contribution in [0.25, 0.3) is 0 Å². The zero-order valence-corrected chi connectivity index (χ0v) is 8.66. The smallest absolute Gasteiger partial charge is 0.322 e. The van der Waals surface area contributed by atoms with E-state index in [2.05, 4.69) is 9.72 Å². The van der Waals surface area contributed by atoms with Gasteiger partial charge in [0.25, 0.3) is 0 Å². The topological polar surface area (TPSA) is 65.2 Å². The molecule has 0 saturated carbocycles. The lowest BCUT2D eigenvalue weighted by Gasteiger charge is -2.07. The Kier molecular flexibility index (Phi) is 5.83. The predicted molar refractivity (Wildman–Crippen MR) is 55.2 cm³/mol. The molecule has 1 rings (SSSR count). The standard InChI is InChI=1S/C9H12N2O2.ClH/c1-13-9(12)8(10)5-7-3-2-4-11-6-7;/h2-4,6,8H,5,10H2,1H3;1H/t8-;/m0./s1. The molecular weight excluding hydrogens is 204 g/mol. The van der Waals surface area contributed by atoms with Crippen LogP contribution in [-0.2, 0) is 16.0 Å². The van der Waals surface area contributed by atoms with Crippen LogP contribution in [-0.4, -0.2) is 24.1 Å². The van der Waals surface area contributed by atoms with Crippen molar-refractivity contribution in [1.29, 1.82) is 0 Å². The van der Waals surface area contributed by atoms with Crippen molar-refractivity contribution in [3.63, 3.8) is 0 Å². The second kappa shape index (κ2) is 6.34. The highest BCUT2D eigenvalue weighted by Gasteiger charge is 2.13. The van der Waals surface area contributed by atoms with Crippen molar-refractivity contribution in [3.05, 3.63) is 30.1 Å². The number of carbonyl (C=O) groups is 1. The number of hydrogen-bond acceptors (Lipinski definition) is 4. The van der Waals surface area contributed by atoms with Crippen molar-refractivity contribution < 1.29 is 9.53 Å². The van der Waals surface area contributed by atoms with Crippen LogP contribution in [0.2, 0.25) is 0 Å². The van der Waals surface area contributed by atoms with E-state index in [1.807, 2.05) is 6.07 Å². The maximum absolute atomic E-state index is 10.9. The SMILES string of the molecule is COC(=O)[C@@H](N)Cc1cccnc1.Cl. The molecule has 1 aromatic heterocycles. The van der Waals surface area contributed by atoms with Gasteiger partial charge >= 0.3 is 5.97 Å². The van der Waals surface area contributed by atoms with Gasteiger partial charge < -0.3 is 10.5 Å². The van der Waals surface area contributed by atoms with Crippen molar-refractivity contribution in [2.75, 3.05) is 7.11 Å². The Labute approximate surface area is 88.9 Å². The zero-order chi connectivity index (χ0) is 9.68. The van der Waals surface area contributed by atoms with Gasteiger partial charge in [-0.05, 0) is 18.1 Å². The van der Waals surface area contributed by atoms with Crippen molar-refractivity contribution >= 4 is 18.4 Å². The number of hydrogen-bond donors (Lipinski definition) is 1. The molecule has 78 valence electrons. The number of pyridine rings is 1. The molecule has 0 unspecified atom stereocenters. The molecule has 0 spiro atoms. The van der Waals surface area contributed by atoms with Gasteiger partial charge in [0.15, 0.2) is 0 Å². The summed E-state index contributed by atoms with van der Waals surface area (Å²) in [7, 11) is 1.32. The van der Waals surface area contributed by atoms with Crippen molar-refractivity contribution in [2.24, 2.45) is 5.73 Å². The molecule has 0 radical (unpaired) electrons. The first kappa shape index (κ1) is 12.9. The monoisotopic (exact) mass is 216 g/mol. The van der Waals surface area contributed by atoms with E-state index in [0.29, 0.717) is 6.42 Å². The largest absolute Gasteiger partial charge is 0.468 e. The minimum Gasteiger partial charge on any atom is -0.468 e. The Bertz CT molecular complexity index is 279. The minimum atomic E-state index is -0.603. The van der Waals surface area contributed by atoms with Crippen LogP contribution in [0.1, 0.15) is 5.56 Å². The van der Waals surface area contributed by atoms with E-state index in [1.54, 1.807) is 18.5 Å². The van der Waals surface area contributed by atoms with Crippen LogP contribution in [0.15, 0.2) is 24.5 Å². The molecular formula is C9H13ClN2O2. The molecule has 14 heavy (non-hydrogen) atoms. The van der Waals surface area contributed by atoms with Gasteiger partial charge in [0.1, 0.15) is 6.04 Å². The van der Waals surface area contributed by atoms with E-state index in [-0.39, 0.29) is 12.4 Å². The van der Waals surface area contributed by atoms with Gasteiger partial charge in [0, 0.05) is 12.4 Å². The number of nitrogens with two attached hydrogens (primary N) is 1. The molecule has 1 aromatic rings. The number of nitrogens with zero attached hydrogens (tertiary/aromatic N) is 1. The Morgan fingerprint density at radius 3 is 2.93 bits per heavy atom. The molecule has 1 heterocycles. The van der Waals surface area contributed by atoms with Crippen LogP contribution in [0, 0.1) is 0 Å². The van der Waals surface area contributed by atoms with Gasteiger partial charge in [-0.1, -0.05) is 6.07 Å². The van der Waals surface area contributed by atoms with Crippen LogP contribution in [0.3, 0.4) is 0 Å². The molecule has 0 amide bonds. The molecule has 0 aliphatic heterocycles. The third-order valence-corrected chi connectivity index (χ3v) is 1.68. The zero-order valence-electron chi connectivity index (χ0n) is 7.84. The fourth-order valence-electron chi connectivity index (χ4n) is 1.01. The lowest BCUT2D eigenvalue weighted by Crippen LogP contribution is -2.33. The van der Waals surface area contributed by atoms with Gasteiger partial charge in [-0.2, -0.15) is 0 Å². The number of carbonyl (C=O) groups excluding carboxylic acids is 1. The van der Waals surface area contributed by atoms with E-state index in [1.165, 1.54) is 7.11 Å². The number of rotatable bonds is 3.